The van der Waals surface area contributed by atoms with Crippen molar-refractivity contribution in [3.05, 3.63) is 35.4 Å². The summed E-state index contributed by atoms with van der Waals surface area (Å²) in [7, 11) is 0. The van der Waals surface area contributed by atoms with E-state index < -0.39 is 11.4 Å². The molecule has 2 fully saturated rings. The Morgan fingerprint density at radius 2 is 1.63 bits per heavy atom. The zero-order valence-electron chi connectivity index (χ0n) is 11.5. The first-order chi connectivity index (χ1) is 9.12. The van der Waals surface area contributed by atoms with E-state index in [1.54, 1.807) is 0 Å². The average Bonchev–Trinajstić information content (AvgIpc) is 2.88. The second-order valence-corrected chi connectivity index (χ2v) is 5.82. The molecule has 19 heavy (non-hydrogen) atoms. The second kappa shape index (κ2) is 4.89. The zero-order valence-corrected chi connectivity index (χ0v) is 11.5. The first-order valence-corrected chi connectivity index (χ1v) is 7.24. The molecule has 1 saturated heterocycles. The fourth-order valence-corrected chi connectivity index (χ4v) is 3.20. The van der Waals surface area contributed by atoms with E-state index in [0.29, 0.717) is 13.2 Å². The highest BCUT2D eigenvalue weighted by Crippen LogP contribution is 2.39. The molecule has 0 unspecified atom stereocenters. The smallest absolute Gasteiger partial charge is 0.192 e. The Bertz CT molecular complexity index is 443. The van der Waals surface area contributed by atoms with Crippen LogP contribution in [-0.2, 0) is 20.9 Å². The van der Waals surface area contributed by atoms with Crippen LogP contribution < -0.4 is 0 Å². The molecule has 2 aliphatic rings. The number of hydrogen-bond donors (Lipinski definition) is 1. The summed E-state index contributed by atoms with van der Waals surface area (Å²) >= 11 is 0. The van der Waals surface area contributed by atoms with Crippen LogP contribution in [0.5, 0.6) is 0 Å². The van der Waals surface area contributed by atoms with Crippen molar-refractivity contribution in [1.82, 2.24) is 0 Å². The summed E-state index contributed by atoms with van der Waals surface area (Å²) in [5.41, 5.74) is 1.34. The van der Waals surface area contributed by atoms with Gasteiger partial charge in [-0.05, 0) is 31.4 Å². The van der Waals surface area contributed by atoms with Crippen LogP contribution in [0.4, 0.5) is 0 Å². The highest BCUT2D eigenvalue weighted by Gasteiger charge is 2.36. The van der Waals surface area contributed by atoms with Gasteiger partial charge in [-0.2, -0.15) is 0 Å². The maximum absolute atomic E-state index is 10.8. The molecule has 1 aliphatic heterocycles. The van der Waals surface area contributed by atoms with Crippen molar-refractivity contribution in [2.24, 2.45) is 0 Å². The molecule has 1 aromatic carbocycles. The molecule has 1 aromatic rings. The molecule has 1 aliphatic carbocycles. The SMILES string of the molecule is CC1(c2cccc(C3(O)CCCCC3)c2)OCCO1. The van der Waals surface area contributed by atoms with Crippen molar-refractivity contribution < 1.29 is 14.6 Å². The van der Waals surface area contributed by atoms with E-state index in [1.807, 2.05) is 25.1 Å². The molecular formula is C16H22O3. The first kappa shape index (κ1) is 13.1. The van der Waals surface area contributed by atoms with Crippen molar-refractivity contribution in [3.8, 4) is 0 Å². The fourth-order valence-electron chi connectivity index (χ4n) is 3.20. The van der Waals surface area contributed by atoms with Crippen molar-refractivity contribution in [2.75, 3.05) is 13.2 Å². The van der Waals surface area contributed by atoms with E-state index in [2.05, 4.69) is 6.07 Å². The van der Waals surface area contributed by atoms with Crippen molar-refractivity contribution in [1.29, 1.82) is 0 Å². The van der Waals surface area contributed by atoms with Gasteiger partial charge in [0.1, 0.15) is 0 Å². The van der Waals surface area contributed by atoms with Gasteiger partial charge in [0.05, 0.1) is 18.8 Å². The lowest BCUT2D eigenvalue weighted by Crippen LogP contribution is -2.29. The van der Waals surface area contributed by atoms with Crippen molar-refractivity contribution in [3.63, 3.8) is 0 Å². The van der Waals surface area contributed by atoms with Gasteiger partial charge in [0.25, 0.3) is 0 Å². The summed E-state index contributed by atoms with van der Waals surface area (Å²) in [5.74, 6) is -0.652. The molecule has 104 valence electrons. The van der Waals surface area contributed by atoms with Gasteiger partial charge in [-0.1, -0.05) is 37.5 Å². The lowest BCUT2D eigenvalue weighted by Gasteiger charge is -2.33. The lowest BCUT2D eigenvalue weighted by molar-refractivity contribution is -0.149. The van der Waals surface area contributed by atoms with Gasteiger partial charge in [0, 0.05) is 5.56 Å². The summed E-state index contributed by atoms with van der Waals surface area (Å²) in [5, 5.41) is 10.8. The van der Waals surface area contributed by atoms with Crippen molar-refractivity contribution >= 4 is 0 Å². The molecule has 0 radical (unpaired) electrons. The average molecular weight is 262 g/mol. The van der Waals surface area contributed by atoms with Crippen LogP contribution in [0.15, 0.2) is 24.3 Å². The fraction of sp³-hybridized carbons (Fsp3) is 0.625. The number of hydrogen-bond acceptors (Lipinski definition) is 3. The number of rotatable bonds is 2. The third-order valence-electron chi connectivity index (χ3n) is 4.44. The molecular weight excluding hydrogens is 240 g/mol. The highest BCUT2D eigenvalue weighted by atomic mass is 16.7. The molecule has 0 aromatic heterocycles. The minimum atomic E-state index is -0.663. The van der Waals surface area contributed by atoms with Gasteiger partial charge >= 0.3 is 0 Å². The molecule has 0 spiro atoms. The van der Waals surface area contributed by atoms with Crippen LogP contribution >= 0.6 is 0 Å². The van der Waals surface area contributed by atoms with Gasteiger partial charge < -0.3 is 14.6 Å². The maximum atomic E-state index is 10.8. The van der Waals surface area contributed by atoms with Crippen LogP contribution in [-0.4, -0.2) is 18.3 Å². The summed E-state index contributed by atoms with van der Waals surface area (Å²) in [4.78, 5) is 0. The van der Waals surface area contributed by atoms with Gasteiger partial charge in [-0.15, -0.1) is 0 Å². The normalized spacial score (nSPS) is 25.4. The van der Waals surface area contributed by atoms with Crippen LogP contribution in [0.2, 0.25) is 0 Å². The van der Waals surface area contributed by atoms with Crippen molar-refractivity contribution in [2.45, 2.75) is 50.4 Å². The Balaban J connectivity index is 1.91. The molecule has 1 saturated carbocycles. The Kier molecular flexibility index (Phi) is 3.37. The molecule has 1 heterocycles. The second-order valence-electron chi connectivity index (χ2n) is 5.82. The van der Waals surface area contributed by atoms with Crippen LogP contribution in [0.3, 0.4) is 0 Å². The summed E-state index contributed by atoms with van der Waals surface area (Å²) in [6.45, 7) is 3.21. The predicted molar refractivity (Wildman–Crippen MR) is 72.7 cm³/mol. The predicted octanol–water partition coefficient (Wildman–Crippen LogP) is 3.06. The monoisotopic (exact) mass is 262 g/mol. The number of ether oxygens (including phenoxy) is 2. The third kappa shape index (κ3) is 2.42. The molecule has 3 nitrogen and oxygen atoms in total. The van der Waals surface area contributed by atoms with Gasteiger partial charge in [0.2, 0.25) is 0 Å². The van der Waals surface area contributed by atoms with Crippen LogP contribution in [0.25, 0.3) is 0 Å². The molecule has 0 bridgehead atoms. The minimum Gasteiger partial charge on any atom is -0.385 e. The van der Waals surface area contributed by atoms with E-state index in [0.717, 1.165) is 36.8 Å². The minimum absolute atomic E-state index is 0.630. The first-order valence-electron chi connectivity index (χ1n) is 7.24. The third-order valence-corrected chi connectivity index (χ3v) is 4.44. The van der Waals surface area contributed by atoms with Crippen LogP contribution in [0.1, 0.15) is 50.2 Å². The zero-order chi connectivity index (χ0) is 13.3. The van der Waals surface area contributed by atoms with Crippen LogP contribution in [0, 0.1) is 0 Å². The van der Waals surface area contributed by atoms with Gasteiger partial charge in [-0.3, -0.25) is 0 Å². The lowest BCUT2D eigenvalue weighted by atomic mass is 9.79. The van der Waals surface area contributed by atoms with Gasteiger partial charge in [0.15, 0.2) is 5.79 Å². The number of benzene rings is 1. The Hall–Kier alpha value is -0.900. The molecule has 3 heteroatoms. The quantitative estimate of drug-likeness (QED) is 0.890. The van der Waals surface area contributed by atoms with E-state index in [4.69, 9.17) is 9.47 Å². The Morgan fingerprint density at radius 3 is 2.32 bits per heavy atom. The standard InChI is InChI=1S/C16H22O3/c1-15(18-10-11-19-15)13-6-5-7-14(12-13)16(17)8-3-2-4-9-16/h5-7,12,17H,2-4,8-11H2,1H3. The molecule has 0 amide bonds. The van der Waals surface area contributed by atoms with E-state index in [9.17, 15) is 5.11 Å². The summed E-state index contributed by atoms with van der Waals surface area (Å²) < 4.78 is 11.4. The molecule has 3 rings (SSSR count). The molecule has 1 N–H and O–H groups in total. The van der Waals surface area contributed by atoms with Gasteiger partial charge in [-0.25, -0.2) is 0 Å². The van der Waals surface area contributed by atoms with E-state index in [-0.39, 0.29) is 0 Å². The topological polar surface area (TPSA) is 38.7 Å². The van der Waals surface area contributed by atoms with E-state index >= 15 is 0 Å². The summed E-state index contributed by atoms with van der Waals surface area (Å²) in [6.07, 6.45) is 5.14. The Labute approximate surface area is 114 Å². The highest BCUT2D eigenvalue weighted by molar-refractivity contribution is 5.31. The molecule has 0 atom stereocenters. The largest absolute Gasteiger partial charge is 0.385 e. The number of aliphatic hydroxyl groups is 1. The Morgan fingerprint density at radius 1 is 1.00 bits per heavy atom. The summed E-state index contributed by atoms with van der Waals surface area (Å²) in [6, 6.07) is 8.08. The van der Waals surface area contributed by atoms with E-state index in [1.165, 1.54) is 6.42 Å². The maximum Gasteiger partial charge on any atom is 0.192 e.